The van der Waals surface area contributed by atoms with Crippen LogP contribution in [0.4, 0.5) is 0 Å². The number of piperidine rings is 2. The molecule has 4 bridgehead atoms. The fourth-order valence-electron chi connectivity index (χ4n) is 9.72. The van der Waals surface area contributed by atoms with Crippen molar-refractivity contribution in [3.63, 3.8) is 0 Å². The molecule has 2 saturated heterocycles. The van der Waals surface area contributed by atoms with Crippen LogP contribution in [0.2, 0.25) is 18.1 Å². The fourth-order valence-corrected chi connectivity index (χ4v) is 10.7. The number of hydrogen-bond donors (Lipinski definition) is 1. The summed E-state index contributed by atoms with van der Waals surface area (Å²) in [5.41, 5.74) is 2.59. The number of methoxy groups -OCH3 is 2. The van der Waals surface area contributed by atoms with E-state index < -0.39 is 19.1 Å². The van der Waals surface area contributed by atoms with Crippen LogP contribution in [-0.4, -0.2) is 99.8 Å². The molecular formula is C42H52N2O8Si. The average Bonchev–Trinajstić information content (AvgIpc) is 3.09. The average molecular weight is 741 g/mol. The summed E-state index contributed by atoms with van der Waals surface area (Å²) in [7, 11) is 5.02. The van der Waals surface area contributed by atoms with Crippen molar-refractivity contribution in [1.82, 2.24) is 9.80 Å². The standard InChI is InChI=1S/C24H33NO4Si.C18H19NO4/c1-23(2,3)30(6,7)29-22-18(26)9-8-15-12-17-16-13-20(28-5)19(27)14-24(16,21(15)22)10-11-25(17)4;1-19-6-5-18-9-14(21)15(23-2)8-11(18)12(19)7-10-3-4-13(20)17(22)16(10)18/h8-9,12-13,16-17H,10-11,14H2,1-7H3;3-4,7-8,11-12,22H,5-6,9H2,1-2H3/t16?,17-,24+;11?,12-,18+/m00/s1. The largest absolute Gasteiger partial charge is 0.541 e. The van der Waals surface area contributed by atoms with Crippen molar-refractivity contribution < 1.29 is 38.2 Å². The van der Waals surface area contributed by atoms with Crippen LogP contribution < -0.4 is 0 Å². The number of allylic oxidation sites excluding steroid dienone is 10. The van der Waals surface area contributed by atoms with Crippen molar-refractivity contribution in [2.24, 2.45) is 22.7 Å². The maximum absolute atomic E-state index is 13.1. The predicted molar refractivity (Wildman–Crippen MR) is 203 cm³/mol. The number of aliphatic hydroxyl groups excluding tert-OH is 1. The zero-order valence-electron chi connectivity index (χ0n) is 32.4. The van der Waals surface area contributed by atoms with Gasteiger partial charge in [0.25, 0.3) is 8.32 Å². The zero-order chi connectivity index (χ0) is 38.4. The molecule has 6 aliphatic carbocycles. The van der Waals surface area contributed by atoms with E-state index in [9.17, 15) is 24.3 Å². The molecule has 2 heterocycles. The van der Waals surface area contributed by atoms with Gasteiger partial charge in [0.2, 0.25) is 11.6 Å². The van der Waals surface area contributed by atoms with Crippen LogP contribution in [0, 0.1) is 22.7 Å². The third-order valence-corrected chi connectivity index (χ3v) is 18.0. The van der Waals surface area contributed by atoms with Crippen molar-refractivity contribution in [1.29, 1.82) is 0 Å². The molecule has 2 unspecified atom stereocenters. The maximum atomic E-state index is 13.1. The zero-order valence-corrected chi connectivity index (χ0v) is 33.4. The van der Waals surface area contributed by atoms with Crippen LogP contribution in [0.1, 0.15) is 46.5 Å². The Bertz CT molecular complexity index is 1950. The lowest BCUT2D eigenvalue weighted by Gasteiger charge is -2.56. The molecule has 53 heavy (non-hydrogen) atoms. The van der Waals surface area contributed by atoms with Crippen LogP contribution >= 0.6 is 0 Å². The highest BCUT2D eigenvalue weighted by molar-refractivity contribution is 6.74. The van der Waals surface area contributed by atoms with E-state index in [-0.39, 0.29) is 64.3 Å². The van der Waals surface area contributed by atoms with E-state index in [0.717, 1.165) is 42.7 Å². The van der Waals surface area contributed by atoms with Gasteiger partial charge in [-0.25, -0.2) is 0 Å². The van der Waals surface area contributed by atoms with E-state index in [1.165, 1.54) is 13.2 Å². The highest BCUT2D eigenvalue weighted by Crippen LogP contribution is 2.60. The van der Waals surface area contributed by atoms with Gasteiger partial charge >= 0.3 is 0 Å². The Kier molecular flexibility index (Phi) is 8.98. The SMILES string of the molecule is COC1=CC2[C@@H]3C=C4C=CC(=O)C(O)=C4[C@]2(CCN3C)CC1=O.COC1=CC2[C@@H]3C=C4C=CC(=O)C(O[Si](C)(C)C(C)(C)C)=C4[C@]2(CCN3C)CC1=O. The first-order valence-corrected chi connectivity index (χ1v) is 21.5. The van der Waals surface area contributed by atoms with Gasteiger partial charge in [0, 0.05) is 58.7 Å². The maximum Gasteiger partial charge on any atom is 0.250 e. The molecule has 0 amide bonds. The fraction of sp³-hybridized carbons (Fsp3) is 0.524. The first kappa shape index (κ1) is 37.3. The van der Waals surface area contributed by atoms with Crippen LogP contribution in [-0.2, 0) is 33.1 Å². The summed E-state index contributed by atoms with van der Waals surface area (Å²) < 4.78 is 17.3. The Balaban J connectivity index is 0.000000170. The Hall–Kier alpha value is -4.06. The molecule has 0 aromatic carbocycles. The van der Waals surface area contributed by atoms with Crippen LogP contribution in [0.5, 0.6) is 0 Å². The summed E-state index contributed by atoms with van der Waals surface area (Å²) in [6.45, 7) is 12.6. The first-order chi connectivity index (χ1) is 24.9. The van der Waals surface area contributed by atoms with E-state index >= 15 is 0 Å². The van der Waals surface area contributed by atoms with Gasteiger partial charge in [-0.3, -0.25) is 29.0 Å². The molecule has 282 valence electrons. The number of hydrogen-bond acceptors (Lipinski definition) is 10. The van der Waals surface area contributed by atoms with Gasteiger partial charge < -0.3 is 19.0 Å². The minimum absolute atomic E-state index is 0.0134. The lowest BCUT2D eigenvalue weighted by molar-refractivity contribution is -0.124. The van der Waals surface area contributed by atoms with Crippen molar-refractivity contribution in [3.05, 3.63) is 93.9 Å². The highest BCUT2D eigenvalue weighted by Gasteiger charge is 2.59. The lowest BCUT2D eigenvalue weighted by Crippen LogP contribution is -2.58. The molecule has 1 N–H and O–H groups in total. The number of carbonyl (C=O) groups is 4. The smallest absolute Gasteiger partial charge is 0.250 e. The second-order valence-corrected chi connectivity index (χ2v) is 22.1. The number of aliphatic hydroxyl groups is 1. The quantitative estimate of drug-likeness (QED) is 0.352. The minimum Gasteiger partial charge on any atom is -0.541 e. The number of ether oxygens (including phenoxy) is 2. The number of rotatable bonds is 4. The summed E-state index contributed by atoms with van der Waals surface area (Å²) in [6, 6.07) is 0.300. The van der Waals surface area contributed by atoms with Crippen molar-refractivity contribution >= 4 is 31.5 Å². The van der Waals surface area contributed by atoms with E-state index in [1.54, 1.807) is 19.3 Å². The second kappa shape index (κ2) is 12.8. The molecule has 6 atom stereocenters. The van der Waals surface area contributed by atoms with Gasteiger partial charge in [-0.1, -0.05) is 45.1 Å². The predicted octanol–water partition coefficient (Wildman–Crippen LogP) is 5.84. The van der Waals surface area contributed by atoms with Gasteiger partial charge in [0.15, 0.2) is 34.6 Å². The summed E-state index contributed by atoms with van der Waals surface area (Å²) >= 11 is 0. The molecular weight excluding hydrogens is 689 g/mol. The summed E-state index contributed by atoms with van der Waals surface area (Å²) in [5.74, 6) is 0.713. The number of fused-ring (bicyclic) bond motifs is 2. The van der Waals surface area contributed by atoms with Gasteiger partial charge in [-0.05, 0) is 93.6 Å². The summed E-state index contributed by atoms with van der Waals surface area (Å²) in [6.07, 6.45) is 17.1. The van der Waals surface area contributed by atoms with E-state index in [0.29, 0.717) is 29.3 Å². The monoisotopic (exact) mass is 740 g/mol. The molecule has 2 aliphatic heterocycles. The third kappa shape index (κ3) is 5.64. The normalized spacial score (nSPS) is 33.7. The number of likely N-dealkylation sites (tertiary alicyclic amines) is 2. The van der Waals surface area contributed by atoms with Crippen LogP contribution in [0.3, 0.4) is 0 Å². The van der Waals surface area contributed by atoms with Gasteiger partial charge in [0.1, 0.15) is 0 Å². The van der Waals surface area contributed by atoms with Gasteiger partial charge in [-0.2, -0.15) is 0 Å². The molecule has 2 fully saturated rings. The summed E-state index contributed by atoms with van der Waals surface area (Å²) in [4.78, 5) is 55.2. The Morgan fingerprint density at radius 1 is 0.717 bits per heavy atom. The molecule has 10 nitrogen and oxygen atoms in total. The van der Waals surface area contributed by atoms with Crippen molar-refractivity contribution in [2.75, 3.05) is 41.4 Å². The van der Waals surface area contributed by atoms with Crippen molar-refractivity contribution in [3.8, 4) is 0 Å². The Morgan fingerprint density at radius 2 is 1.17 bits per heavy atom. The molecule has 0 aromatic heterocycles. The van der Waals surface area contributed by atoms with E-state index in [4.69, 9.17) is 13.9 Å². The van der Waals surface area contributed by atoms with Crippen molar-refractivity contribution in [2.45, 2.75) is 76.7 Å². The number of Topliss-reactive ketones (excluding diaryl/α,β-unsaturated/α-hetero) is 2. The van der Waals surface area contributed by atoms with E-state index in [1.807, 2.05) is 18.2 Å². The number of nitrogens with zero attached hydrogens (tertiary/aromatic N) is 2. The number of carbonyl (C=O) groups excluding carboxylic acids is 4. The minimum atomic E-state index is -2.24. The van der Waals surface area contributed by atoms with E-state index in [2.05, 4.69) is 69.9 Å². The molecule has 8 rings (SSSR count). The first-order valence-electron chi connectivity index (χ1n) is 18.6. The van der Waals surface area contributed by atoms with Gasteiger partial charge in [-0.15, -0.1) is 0 Å². The molecule has 0 aromatic rings. The topological polar surface area (TPSA) is 123 Å². The highest BCUT2D eigenvalue weighted by atomic mass is 28.4. The molecule has 11 heteroatoms. The molecule has 8 aliphatic rings. The summed E-state index contributed by atoms with van der Waals surface area (Å²) in [5, 5.41) is 10.4. The van der Waals surface area contributed by atoms with Crippen LogP contribution in [0.25, 0.3) is 0 Å². The Labute approximate surface area is 313 Å². The molecule has 0 radical (unpaired) electrons. The number of ketones is 4. The third-order valence-electron chi connectivity index (χ3n) is 13.6. The Morgan fingerprint density at radius 3 is 1.64 bits per heavy atom. The lowest BCUT2D eigenvalue weighted by atomic mass is 9.53. The molecule has 0 saturated carbocycles. The second-order valence-electron chi connectivity index (χ2n) is 17.4. The van der Waals surface area contributed by atoms with Gasteiger partial charge in [0.05, 0.1) is 14.2 Å². The number of likely N-dealkylation sites (N-methyl/N-ethyl adjacent to an activating group) is 2. The van der Waals surface area contributed by atoms with Crippen LogP contribution in [0.15, 0.2) is 93.9 Å². The molecule has 0 spiro atoms.